The number of anilines is 3. The van der Waals surface area contributed by atoms with Gasteiger partial charge in [0.2, 0.25) is 11.6 Å². The first-order valence-electron chi connectivity index (χ1n) is 8.29. The number of hydrogen-bond donors (Lipinski definition) is 2. The van der Waals surface area contributed by atoms with E-state index in [1.165, 1.54) is 0 Å². The molecule has 0 amide bonds. The second-order valence-electron chi connectivity index (χ2n) is 5.95. The largest absolute Gasteiger partial charge is 0.395 e. The molecule has 3 rings (SSSR count). The number of hydrogen-bond acceptors (Lipinski definition) is 8. The van der Waals surface area contributed by atoms with Gasteiger partial charge in [-0.3, -0.25) is 15.0 Å². The number of aromatic nitrogens is 2. The fourth-order valence-corrected chi connectivity index (χ4v) is 2.91. The van der Waals surface area contributed by atoms with Gasteiger partial charge in [-0.1, -0.05) is 0 Å². The third-order valence-corrected chi connectivity index (χ3v) is 4.26. The number of benzene rings is 1. The van der Waals surface area contributed by atoms with Gasteiger partial charge in [0.05, 0.1) is 17.2 Å². The van der Waals surface area contributed by atoms with Gasteiger partial charge < -0.3 is 15.3 Å². The van der Waals surface area contributed by atoms with E-state index in [4.69, 9.17) is 5.11 Å². The van der Waals surface area contributed by atoms with Crippen LogP contribution < -0.4 is 10.2 Å². The van der Waals surface area contributed by atoms with Gasteiger partial charge in [-0.05, 0) is 12.1 Å². The van der Waals surface area contributed by atoms with Crippen LogP contribution in [0.5, 0.6) is 0 Å². The Bertz CT molecular complexity index is 830. The first kappa shape index (κ1) is 18.9. The van der Waals surface area contributed by atoms with Crippen LogP contribution in [0.15, 0.2) is 24.5 Å². The minimum atomic E-state index is -0.761. The molecule has 1 aromatic carbocycles. The zero-order valence-corrected chi connectivity index (χ0v) is 14.3. The molecule has 11 heteroatoms. The average Bonchev–Trinajstić information content (AvgIpc) is 2.65. The number of piperazine rings is 1. The van der Waals surface area contributed by atoms with E-state index in [0.717, 1.165) is 24.5 Å². The van der Waals surface area contributed by atoms with Crippen molar-refractivity contribution in [3.05, 3.63) is 46.3 Å². The van der Waals surface area contributed by atoms with E-state index in [0.29, 0.717) is 32.7 Å². The van der Waals surface area contributed by atoms with Crippen LogP contribution in [0, 0.1) is 21.7 Å². The molecule has 1 aromatic heterocycles. The third kappa shape index (κ3) is 4.26. The summed E-state index contributed by atoms with van der Waals surface area (Å²) in [5, 5.41) is 23.1. The maximum atomic E-state index is 13.9. The Labute approximate surface area is 153 Å². The van der Waals surface area contributed by atoms with Crippen molar-refractivity contribution in [2.24, 2.45) is 0 Å². The highest BCUT2D eigenvalue weighted by Crippen LogP contribution is 2.34. The monoisotopic (exact) mass is 380 g/mol. The van der Waals surface area contributed by atoms with Crippen molar-refractivity contribution in [2.45, 2.75) is 0 Å². The van der Waals surface area contributed by atoms with Crippen molar-refractivity contribution >= 4 is 23.0 Å². The van der Waals surface area contributed by atoms with Crippen LogP contribution in [0.3, 0.4) is 0 Å². The summed E-state index contributed by atoms with van der Waals surface area (Å²) in [6.07, 6.45) is 1.14. The summed E-state index contributed by atoms with van der Waals surface area (Å²) in [5.41, 5.74) is -0.660. The molecule has 2 heterocycles. The number of nitrogens with zero attached hydrogens (tertiary/aromatic N) is 5. The van der Waals surface area contributed by atoms with Gasteiger partial charge in [0.1, 0.15) is 18.0 Å². The van der Waals surface area contributed by atoms with Crippen LogP contribution in [0.1, 0.15) is 0 Å². The number of halogens is 2. The molecule has 0 atom stereocenters. The number of β-amino-alcohol motifs (C(OH)–C–C–N with tert-alkyl or cyclic N) is 1. The first-order chi connectivity index (χ1) is 13.0. The quantitative estimate of drug-likeness (QED) is 0.574. The van der Waals surface area contributed by atoms with Crippen LogP contribution in [0.25, 0.3) is 0 Å². The minimum Gasteiger partial charge on any atom is -0.395 e. The zero-order valence-electron chi connectivity index (χ0n) is 14.3. The molecule has 1 saturated heterocycles. The van der Waals surface area contributed by atoms with E-state index in [2.05, 4.69) is 15.3 Å². The Hall–Kier alpha value is -2.92. The van der Waals surface area contributed by atoms with E-state index in [9.17, 15) is 18.9 Å². The van der Waals surface area contributed by atoms with E-state index < -0.39 is 22.2 Å². The number of aliphatic hydroxyl groups is 1. The Morgan fingerprint density at radius 3 is 2.63 bits per heavy atom. The van der Waals surface area contributed by atoms with Crippen LogP contribution in [-0.2, 0) is 0 Å². The molecule has 2 N–H and O–H groups in total. The van der Waals surface area contributed by atoms with E-state index in [1.54, 1.807) is 4.90 Å². The fourth-order valence-electron chi connectivity index (χ4n) is 2.91. The highest BCUT2D eigenvalue weighted by Gasteiger charge is 2.29. The van der Waals surface area contributed by atoms with E-state index in [1.807, 2.05) is 4.90 Å². The van der Waals surface area contributed by atoms with Crippen molar-refractivity contribution in [1.82, 2.24) is 14.9 Å². The number of aliphatic hydroxyl groups excluding tert-OH is 1. The standard InChI is InChI=1S/C16H18F2N6O3/c17-11-1-2-12(18)13(9-11)21-15-14(24(26)27)16(20-10-19-15)23-5-3-22(4-6-23)7-8-25/h1-2,9-10,25H,3-8H2,(H,19,20,21). The van der Waals surface area contributed by atoms with Crippen LogP contribution >= 0.6 is 0 Å². The Morgan fingerprint density at radius 1 is 1.22 bits per heavy atom. The molecular formula is C16H18F2N6O3. The van der Waals surface area contributed by atoms with Gasteiger partial charge in [0.25, 0.3) is 0 Å². The summed E-state index contributed by atoms with van der Waals surface area (Å²) in [7, 11) is 0. The molecule has 1 aliphatic rings. The summed E-state index contributed by atoms with van der Waals surface area (Å²) >= 11 is 0. The first-order valence-corrected chi connectivity index (χ1v) is 8.29. The summed E-state index contributed by atoms with van der Waals surface area (Å²) in [6, 6.07) is 2.77. The Morgan fingerprint density at radius 2 is 1.96 bits per heavy atom. The highest BCUT2D eigenvalue weighted by molar-refractivity contribution is 5.74. The summed E-state index contributed by atoms with van der Waals surface area (Å²) in [5.74, 6) is -1.55. The Kier molecular flexibility index (Phi) is 5.72. The molecule has 27 heavy (non-hydrogen) atoms. The molecular weight excluding hydrogens is 362 g/mol. The van der Waals surface area contributed by atoms with Crippen molar-refractivity contribution in [3.8, 4) is 0 Å². The molecule has 0 saturated carbocycles. The second-order valence-corrected chi connectivity index (χ2v) is 5.95. The topological polar surface area (TPSA) is 108 Å². The lowest BCUT2D eigenvalue weighted by molar-refractivity contribution is -0.383. The van der Waals surface area contributed by atoms with Gasteiger partial charge in [0.15, 0.2) is 0 Å². The van der Waals surface area contributed by atoms with Gasteiger partial charge in [-0.25, -0.2) is 18.7 Å². The maximum absolute atomic E-state index is 13.9. The molecule has 0 aliphatic carbocycles. The zero-order chi connectivity index (χ0) is 19.4. The predicted molar refractivity (Wildman–Crippen MR) is 94.1 cm³/mol. The molecule has 0 spiro atoms. The van der Waals surface area contributed by atoms with Crippen LogP contribution in [0.2, 0.25) is 0 Å². The summed E-state index contributed by atoms with van der Waals surface area (Å²) < 4.78 is 27.3. The summed E-state index contributed by atoms with van der Waals surface area (Å²) in [6.45, 7) is 2.76. The fraction of sp³-hybridized carbons (Fsp3) is 0.375. The molecule has 1 aliphatic heterocycles. The molecule has 0 unspecified atom stereocenters. The van der Waals surface area contributed by atoms with Crippen molar-refractivity contribution in [2.75, 3.05) is 49.5 Å². The predicted octanol–water partition coefficient (Wildman–Crippen LogP) is 1.52. The molecule has 0 radical (unpaired) electrons. The van der Waals surface area contributed by atoms with Gasteiger partial charge in [-0.2, -0.15) is 0 Å². The van der Waals surface area contributed by atoms with Crippen LogP contribution in [-0.4, -0.2) is 64.2 Å². The summed E-state index contributed by atoms with van der Waals surface area (Å²) in [4.78, 5) is 22.6. The SMILES string of the molecule is O=[N+]([O-])c1c(Nc2cc(F)ccc2F)ncnc1N1CCN(CCO)CC1. The smallest absolute Gasteiger partial charge is 0.353 e. The molecule has 144 valence electrons. The highest BCUT2D eigenvalue weighted by atomic mass is 19.1. The maximum Gasteiger partial charge on any atom is 0.353 e. The lowest BCUT2D eigenvalue weighted by Crippen LogP contribution is -2.47. The van der Waals surface area contributed by atoms with E-state index >= 15 is 0 Å². The third-order valence-electron chi connectivity index (χ3n) is 4.26. The number of nitro groups is 1. The second kappa shape index (κ2) is 8.18. The molecule has 1 fully saturated rings. The van der Waals surface area contributed by atoms with Gasteiger partial charge >= 0.3 is 5.69 Å². The average molecular weight is 380 g/mol. The molecule has 2 aromatic rings. The number of nitrogens with one attached hydrogen (secondary N) is 1. The Balaban J connectivity index is 1.89. The normalized spacial score (nSPS) is 15.0. The van der Waals surface area contributed by atoms with Crippen molar-refractivity contribution in [1.29, 1.82) is 0 Å². The number of rotatable bonds is 6. The van der Waals surface area contributed by atoms with E-state index in [-0.39, 0.29) is 23.9 Å². The van der Waals surface area contributed by atoms with Gasteiger partial charge in [-0.15, -0.1) is 0 Å². The molecule has 0 bridgehead atoms. The van der Waals surface area contributed by atoms with Crippen molar-refractivity contribution in [3.63, 3.8) is 0 Å². The minimum absolute atomic E-state index is 0.0426. The lowest BCUT2D eigenvalue weighted by atomic mass is 10.2. The van der Waals surface area contributed by atoms with Crippen LogP contribution in [0.4, 0.5) is 31.8 Å². The lowest BCUT2D eigenvalue weighted by Gasteiger charge is -2.34. The van der Waals surface area contributed by atoms with Gasteiger partial charge in [0, 0.05) is 38.8 Å². The molecule has 9 nitrogen and oxygen atoms in total. The van der Waals surface area contributed by atoms with Crippen molar-refractivity contribution < 1.29 is 18.8 Å².